The van der Waals surface area contributed by atoms with Gasteiger partial charge in [0, 0.05) is 41.9 Å². The van der Waals surface area contributed by atoms with Gasteiger partial charge in [-0.25, -0.2) is 4.79 Å². The van der Waals surface area contributed by atoms with E-state index in [1.165, 1.54) is 0 Å². The van der Waals surface area contributed by atoms with Crippen molar-refractivity contribution in [1.29, 1.82) is 0 Å². The molecule has 0 atom stereocenters. The lowest BCUT2D eigenvalue weighted by Gasteiger charge is -2.29. The van der Waals surface area contributed by atoms with E-state index in [2.05, 4.69) is 54.9 Å². The number of esters is 1. The molecule has 0 aliphatic carbocycles. The molecule has 0 aliphatic rings. The van der Waals surface area contributed by atoms with Gasteiger partial charge in [0.25, 0.3) is 5.91 Å². The molecule has 1 amide bonds. The molecule has 1 N–H and O–H groups in total. The zero-order valence-corrected chi connectivity index (χ0v) is 20.3. The summed E-state index contributed by atoms with van der Waals surface area (Å²) in [5.41, 5.74) is 4.24. The highest BCUT2D eigenvalue weighted by molar-refractivity contribution is 5.95. The van der Waals surface area contributed by atoms with Crippen molar-refractivity contribution in [2.75, 3.05) is 34.8 Å². The van der Waals surface area contributed by atoms with E-state index in [1.807, 2.05) is 54.6 Å². The molecule has 0 aliphatic heterocycles. The number of nitrogens with zero attached hydrogens (tertiary/aromatic N) is 2. The van der Waals surface area contributed by atoms with Crippen molar-refractivity contribution >= 4 is 34.6 Å². The first-order valence-electron chi connectivity index (χ1n) is 11.7. The van der Waals surface area contributed by atoms with Crippen LogP contribution in [0.1, 0.15) is 38.1 Å². The SMILES string of the molecule is CCN(CC)c1ccc(C(=O)OCC(=O)Nc2ccc(N(c3ccccc3)C(C)C)cc2)cc1. The van der Waals surface area contributed by atoms with Crippen LogP contribution in [0.25, 0.3) is 0 Å². The van der Waals surface area contributed by atoms with E-state index in [4.69, 9.17) is 4.74 Å². The van der Waals surface area contributed by atoms with Gasteiger partial charge >= 0.3 is 5.97 Å². The van der Waals surface area contributed by atoms with Gasteiger partial charge in [-0.2, -0.15) is 0 Å². The fraction of sp³-hybridized carbons (Fsp3) is 0.286. The molecule has 6 heteroatoms. The summed E-state index contributed by atoms with van der Waals surface area (Å²) in [5, 5.41) is 2.78. The van der Waals surface area contributed by atoms with E-state index in [9.17, 15) is 9.59 Å². The zero-order valence-electron chi connectivity index (χ0n) is 20.3. The van der Waals surface area contributed by atoms with Crippen LogP contribution in [0.2, 0.25) is 0 Å². The number of para-hydroxylation sites is 1. The van der Waals surface area contributed by atoms with Crippen molar-refractivity contribution in [3.05, 3.63) is 84.4 Å². The average Bonchev–Trinajstić information content (AvgIpc) is 2.85. The maximum Gasteiger partial charge on any atom is 0.338 e. The fourth-order valence-electron chi connectivity index (χ4n) is 3.85. The third-order valence-corrected chi connectivity index (χ3v) is 5.55. The van der Waals surface area contributed by atoms with Gasteiger partial charge in [-0.15, -0.1) is 0 Å². The highest BCUT2D eigenvalue weighted by Gasteiger charge is 2.14. The summed E-state index contributed by atoms with van der Waals surface area (Å²) in [7, 11) is 0. The summed E-state index contributed by atoms with van der Waals surface area (Å²) in [6.07, 6.45) is 0. The molecule has 0 saturated carbocycles. The van der Waals surface area contributed by atoms with Crippen LogP contribution in [0.4, 0.5) is 22.7 Å². The van der Waals surface area contributed by atoms with Gasteiger partial charge in [0.2, 0.25) is 0 Å². The first-order valence-corrected chi connectivity index (χ1v) is 11.7. The number of hydrogen-bond donors (Lipinski definition) is 1. The molecule has 0 heterocycles. The Hall–Kier alpha value is -3.80. The number of rotatable bonds is 10. The van der Waals surface area contributed by atoms with E-state index in [0.29, 0.717) is 11.3 Å². The van der Waals surface area contributed by atoms with Crippen LogP contribution < -0.4 is 15.1 Å². The lowest BCUT2D eigenvalue weighted by atomic mass is 10.2. The van der Waals surface area contributed by atoms with Crippen molar-refractivity contribution in [3.8, 4) is 0 Å². The topological polar surface area (TPSA) is 61.9 Å². The minimum atomic E-state index is -0.521. The normalized spacial score (nSPS) is 10.6. The van der Waals surface area contributed by atoms with Crippen molar-refractivity contribution in [2.24, 2.45) is 0 Å². The van der Waals surface area contributed by atoms with Crippen LogP contribution in [0.15, 0.2) is 78.9 Å². The molecule has 3 aromatic carbocycles. The Morgan fingerprint density at radius 2 is 1.35 bits per heavy atom. The van der Waals surface area contributed by atoms with E-state index in [0.717, 1.165) is 30.2 Å². The second-order valence-electron chi connectivity index (χ2n) is 8.19. The van der Waals surface area contributed by atoms with E-state index in [-0.39, 0.29) is 18.6 Å². The minimum absolute atomic E-state index is 0.267. The van der Waals surface area contributed by atoms with Gasteiger partial charge in [0.05, 0.1) is 5.56 Å². The maximum absolute atomic E-state index is 12.3. The molecule has 0 aromatic heterocycles. The second-order valence-corrected chi connectivity index (χ2v) is 8.19. The summed E-state index contributed by atoms with van der Waals surface area (Å²) >= 11 is 0. The molecule has 34 heavy (non-hydrogen) atoms. The molecule has 178 valence electrons. The molecule has 0 saturated heterocycles. The molecule has 3 aromatic rings. The van der Waals surface area contributed by atoms with Gasteiger partial charge in [-0.3, -0.25) is 4.79 Å². The predicted octanol–water partition coefficient (Wildman–Crippen LogP) is 5.87. The summed E-state index contributed by atoms with van der Waals surface area (Å²) < 4.78 is 5.19. The molecular formula is C28H33N3O3. The van der Waals surface area contributed by atoms with Crippen LogP contribution in [-0.2, 0) is 9.53 Å². The molecule has 0 fully saturated rings. The van der Waals surface area contributed by atoms with Crippen molar-refractivity contribution in [2.45, 2.75) is 33.7 Å². The van der Waals surface area contributed by atoms with Crippen molar-refractivity contribution < 1.29 is 14.3 Å². The van der Waals surface area contributed by atoms with E-state index >= 15 is 0 Å². The molecule has 3 rings (SSSR count). The molecule has 0 spiro atoms. The number of carbonyl (C=O) groups excluding carboxylic acids is 2. The fourth-order valence-corrected chi connectivity index (χ4v) is 3.85. The molecule has 0 bridgehead atoms. The van der Waals surface area contributed by atoms with Gasteiger partial charge in [-0.1, -0.05) is 18.2 Å². The van der Waals surface area contributed by atoms with Crippen LogP contribution in [-0.4, -0.2) is 37.6 Å². The Balaban J connectivity index is 1.55. The number of anilines is 4. The van der Waals surface area contributed by atoms with Gasteiger partial charge in [0.1, 0.15) is 0 Å². The lowest BCUT2D eigenvalue weighted by Crippen LogP contribution is -2.25. The molecule has 6 nitrogen and oxygen atoms in total. The Morgan fingerprint density at radius 1 is 0.794 bits per heavy atom. The highest BCUT2D eigenvalue weighted by atomic mass is 16.5. The van der Waals surface area contributed by atoms with Gasteiger partial charge in [-0.05, 0) is 88.4 Å². The molecule has 0 radical (unpaired) electrons. The number of ether oxygens (including phenoxy) is 1. The van der Waals surface area contributed by atoms with Gasteiger partial charge < -0.3 is 19.9 Å². The maximum atomic E-state index is 12.3. The first kappa shape index (κ1) is 24.8. The number of benzene rings is 3. The summed E-state index contributed by atoms with van der Waals surface area (Å²) in [6.45, 7) is 9.87. The zero-order chi connectivity index (χ0) is 24.5. The minimum Gasteiger partial charge on any atom is -0.452 e. The number of amides is 1. The quantitative estimate of drug-likeness (QED) is 0.384. The average molecular weight is 460 g/mol. The van der Waals surface area contributed by atoms with Crippen LogP contribution >= 0.6 is 0 Å². The first-order chi connectivity index (χ1) is 16.4. The van der Waals surface area contributed by atoms with E-state index < -0.39 is 5.97 Å². The Bertz CT molecular complexity index is 1060. The smallest absolute Gasteiger partial charge is 0.338 e. The standard InChI is InChI=1S/C28H33N3O3/c1-5-30(6-2)24-16-12-22(13-17-24)28(33)34-20-27(32)29-23-14-18-26(19-15-23)31(21(3)4)25-10-8-7-9-11-25/h7-19,21H,5-6,20H2,1-4H3,(H,29,32). The predicted molar refractivity (Wildman–Crippen MR) is 139 cm³/mol. The third-order valence-electron chi connectivity index (χ3n) is 5.55. The van der Waals surface area contributed by atoms with Crippen LogP contribution in [0.5, 0.6) is 0 Å². The molecule has 0 unspecified atom stereocenters. The number of carbonyl (C=O) groups is 2. The number of nitrogens with one attached hydrogen (secondary N) is 1. The van der Waals surface area contributed by atoms with Gasteiger partial charge in [0.15, 0.2) is 6.61 Å². The van der Waals surface area contributed by atoms with Crippen LogP contribution in [0, 0.1) is 0 Å². The summed E-state index contributed by atoms with van der Waals surface area (Å²) in [6, 6.07) is 25.3. The number of hydrogen-bond acceptors (Lipinski definition) is 5. The molecular weight excluding hydrogens is 426 g/mol. The summed E-state index contributed by atoms with van der Waals surface area (Å²) in [5.74, 6) is -0.906. The monoisotopic (exact) mass is 459 g/mol. The lowest BCUT2D eigenvalue weighted by molar-refractivity contribution is -0.119. The van der Waals surface area contributed by atoms with Crippen molar-refractivity contribution in [3.63, 3.8) is 0 Å². The second kappa shape index (κ2) is 11.9. The van der Waals surface area contributed by atoms with E-state index in [1.54, 1.807) is 12.1 Å². The van der Waals surface area contributed by atoms with Crippen molar-refractivity contribution in [1.82, 2.24) is 0 Å². The largest absolute Gasteiger partial charge is 0.452 e. The highest BCUT2D eigenvalue weighted by Crippen LogP contribution is 2.28. The Morgan fingerprint density at radius 3 is 1.91 bits per heavy atom. The Labute approximate surface area is 202 Å². The summed E-state index contributed by atoms with van der Waals surface area (Å²) in [4.78, 5) is 29.0. The third kappa shape index (κ3) is 6.38. The Kier molecular flexibility index (Phi) is 8.68. The van der Waals surface area contributed by atoms with Crippen LogP contribution in [0.3, 0.4) is 0 Å².